The van der Waals surface area contributed by atoms with Gasteiger partial charge in [0, 0.05) is 41.8 Å². The molecule has 3 rings (SSSR count). The number of benzene rings is 1. The van der Waals surface area contributed by atoms with E-state index < -0.39 is 0 Å². The second-order valence-corrected chi connectivity index (χ2v) is 9.24. The standard InChI is InChI=1S/C28H38N4O2/c1-3-4-5-6-7-11-16-30-28(34)23(20-29)19-25-22(2)32(26-15-10-9-14-24(25)26)21-27(33)31-17-12-8-13-18-31/h9-10,14-15,19H,3-8,11-13,16-18,21H2,1-2H3,(H,30,34)/b23-19+. The van der Waals surface area contributed by atoms with Crippen LogP contribution in [0, 0.1) is 18.3 Å². The van der Waals surface area contributed by atoms with Crippen molar-refractivity contribution in [3.05, 3.63) is 41.1 Å². The molecule has 2 aromatic rings. The van der Waals surface area contributed by atoms with Crippen molar-refractivity contribution in [1.82, 2.24) is 14.8 Å². The van der Waals surface area contributed by atoms with E-state index in [1.165, 1.54) is 32.1 Å². The Kier molecular flexibility index (Phi) is 9.75. The van der Waals surface area contributed by atoms with E-state index in [1.54, 1.807) is 6.08 Å². The van der Waals surface area contributed by atoms with Crippen molar-refractivity contribution in [2.75, 3.05) is 19.6 Å². The molecule has 0 bridgehead atoms. The van der Waals surface area contributed by atoms with Gasteiger partial charge in [0.2, 0.25) is 5.91 Å². The first kappa shape index (κ1) is 25.6. The van der Waals surface area contributed by atoms with Crippen LogP contribution in [0.2, 0.25) is 0 Å². The van der Waals surface area contributed by atoms with E-state index in [1.807, 2.05) is 40.7 Å². The number of likely N-dealkylation sites (tertiary alicyclic amines) is 1. The Balaban J connectivity index is 1.74. The van der Waals surface area contributed by atoms with E-state index in [0.29, 0.717) is 6.54 Å². The van der Waals surface area contributed by atoms with Gasteiger partial charge in [0.05, 0.1) is 0 Å². The Morgan fingerprint density at radius 3 is 2.50 bits per heavy atom. The fourth-order valence-corrected chi connectivity index (χ4v) is 4.72. The molecule has 0 radical (unpaired) electrons. The van der Waals surface area contributed by atoms with Crippen LogP contribution in [-0.4, -0.2) is 40.9 Å². The first-order chi connectivity index (χ1) is 16.6. The first-order valence-corrected chi connectivity index (χ1v) is 12.8. The van der Waals surface area contributed by atoms with E-state index >= 15 is 0 Å². The zero-order chi connectivity index (χ0) is 24.3. The second-order valence-electron chi connectivity index (χ2n) is 9.24. The summed E-state index contributed by atoms with van der Waals surface area (Å²) >= 11 is 0. The minimum absolute atomic E-state index is 0.0966. The summed E-state index contributed by atoms with van der Waals surface area (Å²) in [5, 5.41) is 13.5. The van der Waals surface area contributed by atoms with Crippen molar-refractivity contribution >= 4 is 28.8 Å². The van der Waals surface area contributed by atoms with Crippen LogP contribution in [0.5, 0.6) is 0 Å². The van der Waals surface area contributed by atoms with Crippen LogP contribution < -0.4 is 5.32 Å². The van der Waals surface area contributed by atoms with E-state index in [9.17, 15) is 14.9 Å². The molecule has 1 aliphatic rings. The molecule has 0 saturated carbocycles. The minimum Gasteiger partial charge on any atom is -0.351 e. The zero-order valence-electron chi connectivity index (χ0n) is 20.7. The normalized spacial score (nSPS) is 14.3. The van der Waals surface area contributed by atoms with Gasteiger partial charge in [0.15, 0.2) is 0 Å². The predicted octanol–water partition coefficient (Wildman–Crippen LogP) is 5.35. The van der Waals surface area contributed by atoms with Gasteiger partial charge >= 0.3 is 0 Å². The molecule has 2 amide bonds. The topological polar surface area (TPSA) is 78.1 Å². The number of piperidine rings is 1. The lowest BCUT2D eigenvalue weighted by molar-refractivity contribution is -0.132. The monoisotopic (exact) mass is 462 g/mol. The van der Waals surface area contributed by atoms with Crippen LogP contribution in [0.25, 0.3) is 17.0 Å². The molecule has 0 spiro atoms. The Morgan fingerprint density at radius 2 is 1.76 bits per heavy atom. The highest BCUT2D eigenvalue weighted by atomic mass is 16.2. The number of nitriles is 1. The summed E-state index contributed by atoms with van der Waals surface area (Å²) in [4.78, 5) is 27.6. The lowest BCUT2D eigenvalue weighted by atomic mass is 10.1. The van der Waals surface area contributed by atoms with Gasteiger partial charge < -0.3 is 14.8 Å². The number of nitrogens with one attached hydrogen (secondary N) is 1. The SMILES string of the molecule is CCCCCCCCNC(=O)/C(C#N)=C/c1c(C)n(CC(=O)N2CCCCC2)c2ccccc12. The van der Waals surface area contributed by atoms with Gasteiger partial charge in [0.25, 0.3) is 5.91 Å². The number of hydrogen-bond donors (Lipinski definition) is 1. The Labute approximate surface area is 203 Å². The fourth-order valence-electron chi connectivity index (χ4n) is 4.72. The van der Waals surface area contributed by atoms with E-state index in [4.69, 9.17) is 0 Å². The molecular weight excluding hydrogens is 424 g/mol. The number of hydrogen-bond acceptors (Lipinski definition) is 3. The first-order valence-electron chi connectivity index (χ1n) is 12.8. The fraction of sp³-hybridized carbons (Fsp3) is 0.536. The van der Waals surface area contributed by atoms with Crippen LogP contribution in [0.3, 0.4) is 0 Å². The van der Waals surface area contributed by atoms with Crippen molar-refractivity contribution in [2.45, 2.75) is 78.2 Å². The Bertz CT molecular complexity index is 1050. The third kappa shape index (κ3) is 6.50. The number of aromatic nitrogens is 1. The van der Waals surface area contributed by atoms with Gasteiger partial charge in [-0.3, -0.25) is 9.59 Å². The third-order valence-corrected chi connectivity index (χ3v) is 6.75. The van der Waals surface area contributed by atoms with Crippen LogP contribution in [0.15, 0.2) is 29.8 Å². The van der Waals surface area contributed by atoms with E-state index in [0.717, 1.165) is 60.9 Å². The molecule has 182 valence electrons. The number of nitrogens with zero attached hydrogens (tertiary/aromatic N) is 3. The maximum absolute atomic E-state index is 13.0. The summed E-state index contributed by atoms with van der Waals surface area (Å²) in [5.41, 5.74) is 2.76. The second kappa shape index (κ2) is 13.0. The molecule has 1 aliphatic heterocycles. The largest absolute Gasteiger partial charge is 0.351 e. The summed E-state index contributed by atoms with van der Waals surface area (Å²) in [6, 6.07) is 9.96. The number of para-hydroxylation sites is 1. The van der Waals surface area contributed by atoms with Crippen molar-refractivity contribution in [3.8, 4) is 6.07 Å². The van der Waals surface area contributed by atoms with Crippen LogP contribution in [0.1, 0.15) is 76.0 Å². The summed E-state index contributed by atoms with van der Waals surface area (Å²) < 4.78 is 2.02. The molecule has 1 saturated heterocycles. The minimum atomic E-state index is -0.336. The van der Waals surface area contributed by atoms with E-state index in [-0.39, 0.29) is 23.9 Å². The quantitative estimate of drug-likeness (QED) is 0.278. The molecule has 0 aliphatic carbocycles. The van der Waals surface area contributed by atoms with Gasteiger partial charge in [-0.05, 0) is 44.7 Å². The molecular formula is C28H38N4O2. The maximum Gasteiger partial charge on any atom is 0.261 e. The predicted molar refractivity (Wildman–Crippen MR) is 137 cm³/mol. The number of carbonyl (C=O) groups excluding carboxylic acids is 2. The van der Waals surface area contributed by atoms with Crippen LogP contribution in [-0.2, 0) is 16.1 Å². The average Bonchev–Trinajstić information content (AvgIpc) is 3.12. The molecule has 6 heteroatoms. The number of carbonyl (C=O) groups is 2. The number of rotatable bonds is 11. The van der Waals surface area contributed by atoms with Crippen LogP contribution >= 0.6 is 0 Å². The van der Waals surface area contributed by atoms with E-state index in [2.05, 4.69) is 18.3 Å². The maximum atomic E-state index is 13.0. The van der Waals surface area contributed by atoms with Gasteiger partial charge in [-0.2, -0.15) is 5.26 Å². The summed E-state index contributed by atoms with van der Waals surface area (Å²) in [6.07, 6.45) is 11.9. The van der Waals surface area contributed by atoms with Crippen molar-refractivity contribution in [1.29, 1.82) is 5.26 Å². The van der Waals surface area contributed by atoms with Crippen molar-refractivity contribution in [3.63, 3.8) is 0 Å². The number of unbranched alkanes of at least 4 members (excludes halogenated alkanes) is 5. The smallest absolute Gasteiger partial charge is 0.261 e. The van der Waals surface area contributed by atoms with Gasteiger partial charge in [-0.15, -0.1) is 0 Å². The Morgan fingerprint density at radius 1 is 1.06 bits per heavy atom. The molecule has 1 aromatic carbocycles. The van der Waals surface area contributed by atoms with Gasteiger partial charge in [-0.25, -0.2) is 0 Å². The van der Waals surface area contributed by atoms with Crippen molar-refractivity contribution < 1.29 is 9.59 Å². The summed E-state index contributed by atoms with van der Waals surface area (Å²) in [5.74, 6) is -0.215. The van der Waals surface area contributed by atoms with Gasteiger partial charge in [-0.1, -0.05) is 57.2 Å². The zero-order valence-corrected chi connectivity index (χ0v) is 20.7. The highest BCUT2D eigenvalue weighted by Crippen LogP contribution is 2.28. The number of amides is 2. The molecule has 6 nitrogen and oxygen atoms in total. The lowest BCUT2D eigenvalue weighted by Gasteiger charge is -2.27. The molecule has 1 fully saturated rings. The molecule has 2 heterocycles. The molecule has 1 aromatic heterocycles. The number of fused-ring (bicyclic) bond motifs is 1. The summed E-state index contributed by atoms with van der Waals surface area (Å²) in [7, 11) is 0. The van der Waals surface area contributed by atoms with Crippen molar-refractivity contribution in [2.24, 2.45) is 0 Å². The Hall–Kier alpha value is -3.07. The highest BCUT2D eigenvalue weighted by Gasteiger charge is 2.21. The van der Waals surface area contributed by atoms with Gasteiger partial charge in [0.1, 0.15) is 18.2 Å². The lowest BCUT2D eigenvalue weighted by Crippen LogP contribution is -2.37. The molecule has 1 N–H and O–H groups in total. The van der Waals surface area contributed by atoms with Crippen LogP contribution in [0.4, 0.5) is 0 Å². The molecule has 0 unspecified atom stereocenters. The molecule has 0 atom stereocenters. The third-order valence-electron chi connectivity index (χ3n) is 6.75. The average molecular weight is 463 g/mol. The summed E-state index contributed by atoms with van der Waals surface area (Å²) in [6.45, 7) is 6.64. The highest BCUT2D eigenvalue weighted by molar-refractivity contribution is 6.04. The molecule has 34 heavy (non-hydrogen) atoms.